The first kappa shape index (κ1) is 12.6. The third kappa shape index (κ3) is 1.98. The number of nitrogens with one attached hydrogen (secondary N) is 1. The molecule has 1 atom stereocenters. The molecule has 0 saturated heterocycles. The van der Waals surface area contributed by atoms with E-state index in [1.165, 1.54) is 6.07 Å². The molecule has 1 aliphatic rings. The highest BCUT2D eigenvalue weighted by molar-refractivity contribution is 6.06. The molecule has 96 valence electrons. The fraction of sp³-hybridized carbons (Fsp3) is 0.357. The molecule has 0 saturated carbocycles. The predicted octanol–water partition coefficient (Wildman–Crippen LogP) is 2.34. The number of anilines is 1. The van der Waals surface area contributed by atoms with Crippen LogP contribution in [0.15, 0.2) is 18.3 Å². The highest BCUT2D eigenvalue weighted by atomic mass is 19.1. The number of carbonyl (C=O) groups is 1. The average molecular weight is 248 g/mol. The zero-order chi connectivity index (χ0) is 13.4. The molecule has 0 radical (unpaired) electrons. The second-order valence-electron chi connectivity index (χ2n) is 4.81. The number of rotatable bonds is 2. The molecule has 0 bridgehead atoms. The van der Waals surface area contributed by atoms with E-state index in [9.17, 15) is 9.18 Å². The summed E-state index contributed by atoms with van der Waals surface area (Å²) in [6.45, 7) is 7.23. The quantitative estimate of drug-likeness (QED) is 0.790. The van der Waals surface area contributed by atoms with Crippen LogP contribution in [0.5, 0.6) is 0 Å². The molecule has 0 fully saturated rings. The van der Waals surface area contributed by atoms with E-state index in [1.807, 2.05) is 6.92 Å². The van der Waals surface area contributed by atoms with Crippen LogP contribution in [0.4, 0.5) is 10.1 Å². The lowest BCUT2D eigenvalue weighted by atomic mass is 9.83. The zero-order valence-corrected chi connectivity index (χ0v) is 10.6. The van der Waals surface area contributed by atoms with Crippen molar-refractivity contribution in [3.8, 4) is 0 Å². The number of halogens is 1. The molecular weight excluding hydrogens is 231 g/mol. The van der Waals surface area contributed by atoms with E-state index in [1.54, 1.807) is 6.92 Å². The molecule has 1 unspecified atom stereocenters. The number of ketones is 1. The summed E-state index contributed by atoms with van der Waals surface area (Å²) >= 11 is 0. The lowest BCUT2D eigenvalue weighted by Crippen LogP contribution is -2.39. The first-order valence-corrected chi connectivity index (χ1v) is 5.95. The van der Waals surface area contributed by atoms with Crippen LogP contribution in [0, 0.1) is 12.7 Å². The van der Waals surface area contributed by atoms with E-state index in [0.717, 1.165) is 11.3 Å². The van der Waals surface area contributed by atoms with E-state index < -0.39 is 0 Å². The molecule has 1 aromatic rings. The lowest BCUT2D eigenvalue weighted by Gasteiger charge is -2.27. The minimum Gasteiger partial charge on any atom is -0.398 e. The Morgan fingerprint density at radius 2 is 2.28 bits per heavy atom. The summed E-state index contributed by atoms with van der Waals surface area (Å²) < 4.78 is 13.6. The average Bonchev–Trinajstić information content (AvgIpc) is 2.28. The summed E-state index contributed by atoms with van der Waals surface area (Å²) in [5.41, 5.74) is 8.50. The molecule has 0 spiro atoms. The van der Waals surface area contributed by atoms with Crippen molar-refractivity contribution < 1.29 is 9.18 Å². The molecule has 0 aliphatic heterocycles. The summed E-state index contributed by atoms with van der Waals surface area (Å²) in [6, 6.07) is 0.928. The minimum atomic E-state index is -0.342. The molecule has 0 amide bonds. The van der Waals surface area contributed by atoms with Crippen LogP contribution in [-0.2, 0) is 6.42 Å². The van der Waals surface area contributed by atoms with Gasteiger partial charge in [-0.1, -0.05) is 6.58 Å². The topological polar surface area (TPSA) is 55.1 Å². The Morgan fingerprint density at radius 3 is 2.89 bits per heavy atom. The van der Waals surface area contributed by atoms with Crippen molar-refractivity contribution in [2.45, 2.75) is 32.7 Å². The van der Waals surface area contributed by atoms with Crippen molar-refractivity contribution in [1.82, 2.24) is 5.32 Å². The molecule has 1 aromatic carbocycles. The van der Waals surface area contributed by atoms with E-state index >= 15 is 0 Å². The van der Waals surface area contributed by atoms with Gasteiger partial charge >= 0.3 is 0 Å². The van der Waals surface area contributed by atoms with Crippen molar-refractivity contribution in [3.05, 3.63) is 40.8 Å². The van der Waals surface area contributed by atoms with Crippen molar-refractivity contribution in [1.29, 1.82) is 0 Å². The van der Waals surface area contributed by atoms with Gasteiger partial charge in [0, 0.05) is 16.9 Å². The van der Waals surface area contributed by atoms with Crippen molar-refractivity contribution in [3.63, 3.8) is 0 Å². The lowest BCUT2D eigenvalue weighted by molar-refractivity contribution is 0.0934. The molecule has 2 rings (SSSR count). The van der Waals surface area contributed by atoms with Crippen LogP contribution >= 0.6 is 0 Å². The molecule has 3 N–H and O–H groups in total. The van der Waals surface area contributed by atoms with E-state index in [-0.39, 0.29) is 23.3 Å². The van der Waals surface area contributed by atoms with Gasteiger partial charge in [-0.3, -0.25) is 4.79 Å². The van der Waals surface area contributed by atoms with Crippen molar-refractivity contribution in [2.24, 2.45) is 0 Å². The fourth-order valence-electron chi connectivity index (χ4n) is 2.46. The summed E-state index contributed by atoms with van der Waals surface area (Å²) in [5.74, 6) is -0.412. The molecule has 4 heteroatoms. The Balaban J connectivity index is 2.47. The number of Topliss-reactive ketones (excluding diaryl/α,β-unsaturated/α-hetero) is 1. The highest BCUT2D eigenvalue weighted by Gasteiger charge is 2.30. The highest BCUT2D eigenvalue weighted by Crippen LogP contribution is 2.31. The van der Waals surface area contributed by atoms with Gasteiger partial charge in [0.25, 0.3) is 0 Å². The maximum atomic E-state index is 13.6. The third-order valence-electron chi connectivity index (χ3n) is 3.35. The molecular formula is C14H17FN2O. The maximum Gasteiger partial charge on any atom is 0.187 e. The molecule has 3 nitrogen and oxygen atoms in total. The van der Waals surface area contributed by atoms with Gasteiger partial charge in [0.1, 0.15) is 5.82 Å². The standard InChI is InChI=1S/C14H17FN2O/c1-7(2)17-12-5-4-9-8(3)10(15)6-11(16)13(9)14(12)18/h6,12,17H,1,4-5,16H2,2-3H3. The largest absolute Gasteiger partial charge is 0.398 e. The Morgan fingerprint density at radius 1 is 1.61 bits per heavy atom. The van der Waals surface area contributed by atoms with Crippen LogP contribution in [0.1, 0.15) is 34.8 Å². The van der Waals surface area contributed by atoms with Crippen molar-refractivity contribution in [2.75, 3.05) is 5.73 Å². The van der Waals surface area contributed by atoms with Gasteiger partial charge in [-0.05, 0) is 43.9 Å². The normalized spacial score (nSPS) is 18.4. The van der Waals surface area contributed by atoms with Gasteiger partial charge in [0.2, 0.25) is 0 Å². The van der Waals surface area contributed by atoms with Crippen LogP contribution in [0.3, 0.4) is 0 Å². The maximum absolute atomic E-state index is 13.6. The predicted molar refractivity (Wildman–Crippen MR) is 69.9 cm³/mol. The third-order valence-corrected chi connectivity index (χ3v) is 3.35. The number of nitrogen functional groups attached to an aromatic ring is 1. The SMILES string of the molecule is C=C(C)NC1CCc2c(C)c(F)cc(N)c2C1=O. The van der Waals surface area contributed by atoms with Crippen LogP contribution in [0.25, 0.3) is 0 Å². The molecule has 18 heavy (non-hydrogen) atoms. The number of fused-ring (bicyclic) bond motifs is 1. The Kier molecular flexibility index (Phi) is 3.11. The first-order chi connectivity index (χ1) is 8.41. The fourth-order valence-corrected chi connectivity index (χ4v) is 2.46. The summed E-state index contributed by atoms with van der Waals surface area (Å²) in [4.78, 5) is 12.3. The van der Waals surface area contributed by atoms with Gasteiger partial charge in [-0.25, -0.2) is 4.39 Å². The number of nitrogens with two attached hydrogens (primary N) is 1. The van der Waals surface area contributed by atoms with Crippen molar-refractivity contribution >= 4 is 11.5 Å². The van der Waals surface area contributed by atoms with E-state index in [0.29, 0.717) is 24.0 Å². The minimum absolute atomic E-state index is 0.0696. The molecule has 0 aromatic heterocycles. The second kappa shape index (κ2) is 4.44. The molecule has 0 heterocycles. The Hall–Kier alpha value is -1.84. The van der Waals surface area contributed by atoms with E-state index in [2.05, 4.69) is 11.9 Å². The first-order valence-electron chi connectivity index (χ1n) is 5.95. The zero-order valence-electron chi connectivity index (χ0n) is 10.6. The van der Waals surface area contributed by atoms with Crippen LogP contribution < -0.4 is 11.1 Å². The van der Waals surface area contributed by atoms with E-state index in [4.69, 9.17) is 5.73 Å². The molecule has 1 aliphatic carbocycles. The smallest absolute Gasteiger partial charge is 0.187 e. The second-order valence-corrected chi connectivity index (χ2v) is 4.81. The Bertz CT molecular complexity index is 537. The number of hydrogen-bond donors (Lipinski definition) is 2. The van der Waals surface area contributed by atoms with Gasteiger partial charge in [0.05, 0.1) is 6.04 Å². The number of carbonyl (C=O) groups excluding carboxylic acids is 1. The summed E-state index contributed by atoms with van der Waals surface area (Å²) in [6.07, 6.45) is 1.29. The monoisotopic (exact) mass is 248 g/mol. The van der Waals surface area contributed by atoms with Crippen LogP contribution in [0.2, 0.25) is 0 Å². The number of benzene rings is 1. The number of hydrogen-bond acceptors (Lipinski definition) is 3. The Labute approximate surface area is 106 Å². The summed E-state index contributed by atoms with van der Waals surface area (Å²) in [7, 11) is 0. The van der Waals surface area contributed by atoms with Gasteiger partial charge in [-0.2, -0.15) is 0 Å². The van der Waals surface area contributed by atoms with Gasteiger partial charge < -0.3 is 11.1 Å². The van der Waals surface area contributed by atoms with Gasteiger partial charge in [0.15, 0.2) is 5.78 Å². The number of allylic oxidation sites excluding steroid dienone is 1. The van der Waals surface area contributed by atoms with Crippen LogP contribution in [-0.4, -0.2) is 11.8 Å². The summed E-state index contributed by atoms with van der Waals surface area (Å²) in [5, 5.41) is 3.04. The van der Waals surface area contributed by atoms with Gasteiger partial charge in [-0.15, -0.1) is 0 Å².